The molecule has 1 aliphatic heterocycles. The number of anilines is 1. The van der Waals surface area contributed by atoms with Gasteiger partial charge in [0.2, 0.25) is 0 Å². The Kier molecular flexibility index (Phi) is 4.75. The topological polar surface area (TPSA) is 54.0 Å². The SMILES string of the molecule is CC1=C(CNc2cccnc2)[C@H](c2ccccc2F)C2=C(CCCC2=O)N1. The molecule has 1 atom stereocenters. The fourth-order valence-electron chi connectivity index (χ4n) is 3.98. The van der Waals surface area contributed by atoms with Gasteiger partial charge >= 0.3 is 0 Å². The van der Waals surface area contributed by atoms with Crippen molar-refractivity contribution in [3.63, 3.8) is 0 Å². The summed E-state index contributed by atoms with van der Waals surface area (Å²) in [4.78, 5) is 16.9. The highest BCUT2D eigenvalue weighted by molar-refractivity contribution is 5.99. The molecule has 4 rings (SSSR count). The third kappa shape index (κ3) is 3.37. The molecule has 0 spiro atoms. The zero-order valence-electron chi connectivity index (χ0n) is 15.3. The first-order chi connectivity index (χ1) is 13.1. The summed E-state index contributed by atoms with van der Waals surface area (Å²) in [6, 6.07) is 10.6. The van der Waals surface area contributed by atoms with Crippen LogP contribution < -0.4 is 10.6 Å². The molecule has 5 heteroatoms. The Labute approximate surface area is 158 Å². The molecule has 1 aliphatic carbocycles. The minimum Gasteiger partial charge on any atom is -0.380 e. The smallest absolute Gasteiger partial charge is 0.161 e. The van der Waals surface area contributed by atoms with Crippen molar-refractivity contribution in [1.29, 1.82) is 0 Å². The Hall–Kier alpha value is -2.95. The molecule has 0 radical (unpaired) electrons. The third-order valence-electron chi connectivity index (χ3n) is 5.27. The number of hydrogen-bond donors (Lipinski definition) is 2. The van der Waals surface area contributed by atoms with Crippen molar-refractivity contribution in [2.45, 2.75) is 32.1 Å². The van der Waals surface area contributed by atoms with Crippen molar-refractivity contribution >= 4 is 11.5 Å². The maximum absolute atomic E-state index is 14.7. The Morgan fingerprint density at radius 2 is 2.07 bits per heavy atom. The second-order valence-electron chi connectivity index (χ2n) is 6.99. The predicted molar refractivity (Wildman–Crippen MR) is 104 cm³/mol. The van der Waals surface area contributed by atoms with Crippen LogP contribution in [0, 0.1) is 5.82 Å². The second kappa shape index (κ2) is 7.35. The molecule has 4 nitrogen and oxygen atoms in total. The number of nitrogens with zero attached hydrogens (tertiary/aromatic N) is 1. The average molecular weight is 363 g/mol. The van der Waals surface area contributed by atoms with E-state index in [0.29, 0.717) is 18.5 Å². The highest BCUT2D eigenvalue weighted by atomic mass is 19.1. The average Bonchev–Trinajstić information content (AvgIpc) is 2.68. The van der Waals surface area contributed by atoms with E-state index in [2.05, 4.69) is 15.6 Å². The van der Waals surface area contributed by atoms with Gasteiger partial charge in [-0.2, -0.15) is 0 Å². The van der Waals surface area contributed by atoms with Crippen molar-refractivity contribution < 1.29 is 9.18 Å². The van der Waals surface area contributed by atoms with E-state index in [9.17, 15) is 9.18 Å². The fourth-order valence-corrected chi connectivity index (χ4v) is 3.98. The van der Waals surface area contributed by atoms with Gasteiger partial charge in [0, 0.05) is 48.2 Å². The summed E-state index contributed by atoms with van der Waals surface area (Å²) < 4.78 is 14.7. The molecular formula is C22H22FN3O. The summed E-state index contributed by atoms with van der Waals surface area (Å²) in [7, 11) is 0. The molecule has 2 aliphatic rings. The van der Waals surface area contributed by atoms with Crippen molar-refractivity contribution in [1.82, 2.24) is 10.3 Å². The van der Waals surface area contributed by atoms with E-state index >= 15 is 0 Å². The number of rotatable bonds is 4. The summed E-state index contributed by atoms with van der Waals surface area (Å²) in [5.74, 6) is -0.524. The number of halogens is 1. The van der Waals surface area contributed by atoms with Crippen molar-refractivity contribution in [2.24, 2.45) is 0 Å². The summed E-state index contributed by atoms with van der Waals surface area (Å²) in [6.45, 7) is 2.50. The molecule has 0 bridgehead atoms. The number of carbonyl (C=O) groups excluding carboxylic acids is 1. The molecule has 27 heavy (non-hydrogen) atoms. The lowest BCUT2D eigenvalue weighted by Gasteiger charge is -2.35. The van der Waals surface area contributed by atoms with Crippen molar-refractivity contribution in [2.75, 3.05) is 11.9 Å². The van der Waals surface area contributed by atoms with E-state index in [0.717, 1.165) is 41.1 Å². The van der Waals surface area contributed by atoms with E-state index in [1.807, 2.05) is 25.1 Å². The molecule has 0 saturated carbocycles. The molecule has 138 valence electrons. The summed E-state index contributed by atoms with van der Waals surface area (Å²) in [5, 5.41) is 6.77. The molecule has 0 amide bonds. The molecule has 2 heterocycles. The van der Waals surface area contributed by atoms with E-state index in [4.69, 9.17) is 0 Å². The van der Waals surface area contributed by atoms with Gasteiger partial charge in [-0.25, -0.2) is 4.39 Å². The molecule has 2 aromatic rings. The first kappa shape index (κ1) is 17.5. The Bertz CT molecular complexity index is 934. The molecule has 1 aromatic heterocycles. The summed E-state index contributed by atoms with van der Waals surface area (Å²) in [6.07, 6.45) is 5.66. The number of ketones is 1. The van der Waals surface area contributed by atoms with E-state index in [1.165, 1.54) is 6.07 Å². The quantitative estimate of drug-likeness (QED) is 0.850. The maximum Gasteiger partial charge on any atom is 0.161 e. The lowest BCUT2D eigenvalue weighted by Crippen LogP contribution is -2.33. The van der Waals surface area contributed by atoms with Gasteiger partial charge in [0.25, 0.3) is 0 Å². The van der Waals surface area contributed by atoms with Crippen LogP contribution in [0.3, 0.4) is 0 Å². The molecule has 0 saturated heterocycles. The van der Waals surface area contributed by atoms with Crippen LogP contribution in [0.4, 0.5) is 10.1 Å². The van der Waals surface area contributed by atoms with Crippen LogP contribution in [0.1, 0.15) is 37.7 Å². The van der Waals surface area contributed by atoms with Gasteiger partial charge in [-0.15, -0.1) is 0 Å². The van der Waals surface area contributed by atoms with E-state index in [1.54, 1.807) is 24.5 Å². The number of aromatic nitrogens is 1. The largest absolute Gasteiger partial charge is 0.380 e. The number of carbonyl (C=O) groups is 1. The van der Waals surface area contributed by atoms with Crippen LogP contribution in [-0.2, 0) is 4.79 Å². The van der Waals surface area contributed by atoms with Gasteiger partial charge in [0.05, 0.1) is 5.69 Å². The third-order valence-corrected chi connectivity index (χ3v) is 5.27. The standard InChI is InChI=1S/C22H22FN3O/c1-14-17(13-25-15-6-5-11-24-12-15)21(16-7-2-3-8-18(16)23)22-19(26-14)9-4-10-20(22)27/h2-3,5-8,11-12,21,25-26H,4,9-10,13H2,1H3/t21-/m0/s1. The number of dihydropyridines is 1. The number of nitrogens with one attached hydrogen (secondary N) is 2. The normalized spacial score (nSPS) is 19.6. The molecule has 0 fully saturated rings. The summed E-state index contributed by atoms with van der Waals surface area (Å²) >= 11 is 0. The van der Waals surface area contributed by atoms with Gasteiger partial charge in [-0.1, -0.05) is 18.2 Å². The molecular weight excluding hydrogens is 341 g/mol. The zero-order valence-corrected chi connectivity index (χ0v) is 15.3. The van der Waals surface area contributed by atoms with Crippen LogP contribution in [0.25, 0.3) is 0 Å². The van der Waals surface area contributed by atoms with Crippen molar-refractivity contribution in [3.8, 4) is 0 Å². The van der Waals surface area contributed by atoms with Gasteiger partial charge in [-0.3, -0.25) is 9.78 Å². The van der Waals surface area contributed by atoms with Crippen LogP contribution >= 0.6 is 0 Å². The molecule has 1 aromatic carbocycles. The van der Waals surface area contributed by atoms with E-state index < -0.39 is 0 Å². The van der Waals surface area contributed by atoms with Gasteiger partial charge < -0.3 is 10.6 Å². The number of allylic oxidation sites excluding steroid dienone is 3. The minimum absolute atomic E-state index is 0.114. The lowest BCUT2D eigenvalue weighted by molar-refractivity contribution is -0.116. The van der Waals surface area contributed by atoms with Crippen LogP contribution in [0.15, 0.2) is 71.3 Å². The summed E-state index contributed by atoms with van der Waals surface area (Å²) in [5.41, 5.74) is 5.08. The minimum atomic E-state index is -0.362. The molecule has 2 N–H and O–H groups in total. The van der Waals surface area contributed by atoms with Crippen LogP contribution in [-0.4, -0.2) is 17.3 Å². The maximum atomic E-state index is 14.7. The first-order valence-electron chi connectivity index (χ1n) is 9.26. The number of hydrogen-bond acceptors (Lipinski definition) is 4. The highest BCUT2D eigenvalue weighted by Crippen LogP contribution is 2.42. The fraction of sp³-hybridized carbons (Fsp3) is 0.273. The van der Waals surface area contributed by atoms with Gasteiger partial charge in [0.15, 0.2) is 5.78 Å². The van der Waals surface area contributed by atoms with Crippen LogP contribution in [0.5, 0.6) is 0 Å². The highest BCUT2D eigenvalue weighted by Gasteiger charge is 2.36. The van der Waals surface area contributed by atoms with Gasteiger partial charge in [0.1, 0.15) is 5.82 Å². The number of pyridine rings is 1. The monoisotopic (exact) mass is 363 g/mol. The Morgan fingerprint density at radius 1 is 1.22 bits per heavy atom. The van der Waals surface area contributed by atoms with E-state index in [-0.39, 0.29) is 17.5 Å². The zero-order chi connectivity index (χ0) is 18.8. The predicted octanol–water partition coefficient (Wildman–Crippen LogP) is 4.30. The Balaban J connectivity index is 1.75. The number of Topliss-reactive ketones (excluding diaryl/α,β-unsaturated/α-hetero) is 1. The lowest BCUT2D eigenvalue weighted by atomic mass is 9.75. The van der Waals surface area contributed by atoms with Crippen molar-refractivity contribution in [3.05, 3.63) is 82.7 Å². The van der Waals surface area contributed by atoms with Crippen LogP contribution in [0.2, 0.25) is 0 Å². The molecule has 0 unspecified atom stereocenters. The second-order valence-corrected chi connectivity index (χ2v) is 6.99. The van der Waals surface area contributed by atoms with Gasteiger partial charge in [-0.05, 0) is 49.1 Å². The number of benzene rings is 1. The first-order valence-corrected chi connectivity index (χ1v) is 9.26. The Morgan fingerprint density at radius 3 is 2.85 bits per heavy atom.